The molecule has 25 heavy (non-hydrogen) atoms. The molecule has 0 radical (unpaired) electrons. The zero-order valence-corrected chi connectivity index (χ0v) is 13.8. The molecule has 4 rings (SSSR count). The third-order valence-electron chi connectivity index (χ3n) is 4.08. The van der Waals surface area contributed by atoms with E-state index in [1.54, 1.807) is 13.2 Å². The summed E-state index contributed by atoms with van der Waals surface area (Å²) in [6.07, 6.45) is 1.45. The summed E-state index contributed by atoms with van der Waals surface area (Å²) in [5.41, 5.74) is 2.94. The van der Waals surface area contributed by atoms with Crippen LogP contribution in [0.3, 0.4) is 0 Å². The fourth-order valence-electron chi connectivity index (χ4n) is 2.77. The van der Waals surface area contributed by atoms with E-state index in [-0.39, 0.29) is 6.10 Å². The second kappa shape index (κ2) is 6.86. The van der Waals surface area contributed by atoms with Gasteiger partial charge in [0.2, 0.25) is 5.88 Å². The summed E-state index contributed by atoms with van der Waals surface area (Å²) in [6.45, 7) is 1.74. The maximum Gasteiger partial charge on any atom is 0.218 e. The van der Waals surface area contributed by atoms with Gasteiger partial charge in [-0.2, -0.15) is 0 Å². The highest BCUT2D eigenvalue weighted by atomic mass is 16.5. The SMILES string of the molecule is COc1cc(NCC2Cn3nnc(-c4ccccc4)c3CO2)ncn1. The minimum Gasteiger partial charge on any atom is -0.481 e. The molecule has 128 valence electrons. The molecular weight excluding hydrogens is 320 g/mol. The molecule has 1 atom stereocenters. The van der Waals surface area contributed by atoms with Gasteiger partial charge >= 0.3 is 0 Å². The van der Waals surface area contributed by atoms with Gasteiger partial charge in [0.15, 0.2) is 0 Å². The van der Waals surface area contributed by atoms with Crippen LogP contribution in [-0.4, -0.2) is 44.7 Å². The quantitative estimate of drug-likeness (QED) is 0.758. The molecule has 0 spiro atoms. The smallest absolute Gasteiger partial charge is 0.218 e. The lowest BCUT2D eigenvalue weighted by atomic mass is 10.1. The molecule has 1 aliphatic heterocycles. The summed E-state index contributed by atoms with van der Waals surface area (Å²) in [6, 6.07) is 11.8. The number of nitrogens with zero attached hydrogens (tertiary/aromatic N) is 5. The largest absolute Gasteiger partial charge is 0.481 e. The van der Waals surface area contributed by atoms with Crippen LogP contribution in [0.15, 0.2) is 42.7 Å². The molecule has 1 N–H and O–H groups in total. The first-order chi connectivity index (χ1) is 12.3. The van der Waals surface area contributed by atoms with Gasteiger partial charge in [-0.15, -0.1) is 5.10 Å². The van der Waals surface area contributed by atoms with Crippen LogP contribution in [0.1, 0.15) is 5.69 Å². The third kappa shape index (κ3) is 3.29. The highest BCUT2D eigenvalue weighted by Gasteiger charge is 2.24. The van der Waals surface area contributed by atoms with Gasteiger partial charge in [0.1, 0.15) is 17.8 Å². The summed E-state index contributed by atoms with van der Waals surface area (Å²) in [7, 11) is 1.58. The van der Waals surface area contributed by atoms with Crippen LogP contribution >= 0.6 is 0 Å². The van der Waals surface area contributed by atoms with Crippen molar-refractivity contribution < 1.29 is 9.47 Å². The van der Waals surface area contributed by atoms with Crippen molar-refractivity contribution in [3.8, 4) is 17.1 Å². The third-order valence-corrected chi connectivity index (χ3v) is 4.08. The number of hydrogen-bond donors (Lipinski definition) is 1. The van der Waals surface area contributed by atoms with E-state index < -0.39 is 0 Å². The Morgan fingerprint density at radius 1 is 1.28 bits per heavy atom. The van der Waals surface area contributed by atoms with Crippen LogP contribution in [0.4, 0.5) is 5.82 Å². The van der Waals surface area contributed by atoms with E-state index in [4.69, 9.17) is 9.47 Å². The Hall–Kier alpha value is -3.00. The first-order valence-corrected chi connectivity index (χ1v) is 8.03. The number of hydrogen-bond acceptors (Lipinski definition) is 7. The Bertz CT molecular complexity index is 851. The summed E-state index contributed by atoms with van der Waals surface area (Å²) in [5, 5.41) is 11.8. The number of fused-ring (bicyclic) bond motifs is 1. The molecule has 8 heteroatoms. The van der Waals surface area contributed by atoms with Crippen molar-refractivity contribution in [2.24, 2.45) is 0 Å². The zero-order valence-electron chi connectivity index (χ0n) is 13.8. The minimum absolute atomic E-state index is 0.0150. The van der Waals surface area contributed by atoms with E-state index in [9.17, 15) is 0 Å². The van der Waals surface area contributed by atoms with E-state index in [0.29, 0.717) is 31.4 Å². The van der Waals surface area contributed by atoms with E-state index >= 15 is 0 Å². The van der Waals surface area contributed by atoms with E-state index in [0.717, 1.165) is 17.0 Å². The number of ether oxygens (including phenoxy) is 2. The number of aromatic nitrogens is 5. The topological polar surface area (TPSA) is 87.0 Å². The molecule has 0 aliphatic carbocycles. The Labute approximate surface area is 144 Å². The number of nitrogens with one attached hydrogen (secondary N) is 1. The zero-order chi connectivity index (χ0) is 17.1. The fourth-order valence-corrected chi connectivity index (χ4v) is 2.77. The average Bonchev–Trinajstić information content (AvgIpc) is 3.10. The van der Waals surface area contributed by atoms with Gasteiger partial charge in [-0.1, -0.05) is 35.5 Å². The van der Waals surface area contributed by atoms with Gasteiger partial charge in [-0.05, 0) is 0 Å². The predicted molar refractivity (Wildman–Crippen MR) is 91.1 cm³/mol. The lowest BCUT2D eigenvalue weighted by Crippen LogP contribution is -2.33. The van der Waals surface area contributed by atoms with Crippen molar-refractivity contribution in [3.63, 3.8) is 0 Å². The molecule has 3 aromatic rings. The number of benzene rings is 1. The highest BCUT2D eigenvalue weighted by Crippen LogP contribution is 2.25. The lowest BCUT2D eigenvalue weighted by Gasteiger charge is -2.24. The molecule has 0 bridgehead atoms. The second-order valence-corrected chi connectivity index (χ2v) is 5.69. The molecule has 1 unspecified atom stereocenters. The Morgan fingerprint density at radius 3 is 3.00 bits per heavy atom. The van der Waals surface area contributed by atoms with Crippen LogP contribution in [-0.2, 0) is 17.9 Å². The summed E-state index contributed by atoms with van der Waals surface area (Å²) < 4.78 is 13.0. The van der Waals surface area contributed by atoms with Crippen LogP contribution < -0.4 is 10.1 Å². The van der Waals surface area contributed by atoms with E-state index in [1.807, 2.05) is 35.0 Å². The Kier molecular flexibility index (Phi) is 4.26. The van der Waals surface area contributed by atoms with Gasteiger partial charge in [-0.3, -0.25) is 0 Å². The average molecular weight is 338 g/mol. The van der Waals surface area contributed by atoms with Gasteiger partial charge < -0.3 is 14.8 Å². The second-order valence-electron chi connectivity index (χ2n) is 5.69. The summed E-state index contributed by atoms with van der Waals surface area (Å²) in [4.78, 5) is 8.15. The molecule has 2 aromatic heterocycles. The number of methoxy groups -OCH3 is 1. The Morgan fingerprint density at radius 2 is 2.16 bits per heavy atom. The standard InChI is InChI=1S/C17H18N6O2/c1-24-16-7-15(19-11-20-16)18-8-13-9-23-14(10-25-13)17(21-22-23)12-5-3-2-4-6-12/h2-7,11,13H,8-10H2,1H3,(H,18,19,20). The van der Waals surface area contributed by atoms with Gasteiger partial charge in [0.25, 0.3) is 0 Å². The summed E-state index contributed by atoms with van der Waals surface area (Å²) in [5.74, 6) is 1.22. The van der Waals surface area contributed by atoms with E-state index in [2.05, 4.69) is 25.6 Å². The normalized spacial score (nSPS) is 16.3. The van der Waals surface area contributed by atoms with Gasteiger partial charge in [0, 0.05) is 18.2 Å². The molecule has 1 aliphatic rings. The van der Waals surface area contributed by atoms with Crippen LogP contribution in [0.25, 0.3) is 11.3 Å². The molecule has 8 nitrogen and oxygen atoms in total. The van der Waals surface area contributed by atoms with Crippen LogP contribution in [0.5, 0.6) is 5.88 Å². The van der Waals surface area contributed by atoms with Gasteiger partial charge in [0.05, 0.1) is 32.1 Å². The van der Waals surface area contributed by atoms with Crippen LogP contribution in [0, 0.1) is 0 Å². The maximum absolute atomic E-state index is 5.97. The molecule has 0 saturated carbocycles. The summed E-state index contributed by atoms with van der Waals surface area (Å²) >= 11 is 0. The molecule has 3 heterocycles. The van der Waals surface area contributed by atoms with Crippen LogP contribution in [0.2, 0.25) is 0 Å². The minimum atomic E-state index is -0.0150. The molecule has 0 amide bonds. The molecular formula is C17H18N6O2. The van der Waals surface area contributed by atoms with E-state index in [1.165, 1.54) is 6.33 Å². The molecule has 1 aromatic carbocycles. The van der Waals surface area contributed by atoms with Crippen molar-refractivity contribution in [3.05, 3.63) is 48.4 Å². The Balaban J connectivity index is 1.42. The van der Waals surface area contributed by atoms with Crippen molar-refractivity contribution in [2.45, 2.75) is 19.3 Å². The first kappa shape index (κ1) is 15.5. The lowest BCUT2D eigenvalue weighted by molar-refractivity contribution is 0.00883. The van der Waals surface area contributed by atoms with Crippen molar-refractivity contribution in [2.75, 3.05) is 19.0 Å². The first-order valence-electron chi connectivity index (χ1n) is 8.03. The monoisotopic (exact) mass is 338 g/mol. The van der Waals surface area contributed by atoms with Crippen molar-refractivity contribution in [1.29, 1.82) is 0 Å². The fraction of sp³-hybridized carbons (Fsp3) is 0.294. The van der Waals surface area contributed by atoms with Crippen molar-refractivity contribution in [1.82, 2.24) is 25.0 Å². The molecule has 0 fully saturated rings. The maximum atomic E-state index is 5.97. The highest BCUT2D eigenvalue weighted by molar-refractivity contribution is 5.61. The number of rotatable bonds is 5. The predicted octanol–water partition coefficient (Wildman–Crippen LogP) is 1.75. The molecule has 0 saturated heterocycles. The van der Waals surface area contributed by atoms with Gasteiger partial charge in [-0.25, -0.2) is 14.6 Å². The van der Waals surface area contributed by atoms with Crippen molar-refractivity contribution >= 4 is 5.82 Å². The number of anilines is 1.